The summed E-state index contributed by atoms with van der Waals surface area (Å²) in [5.74, 6) is -0.0214. The van der Waals surface area contributed by atoms with Crippen LogP contribution in [-0.4, -0.2) is 9.97 Å². The van der Waals surface area contributed by atoms with Crippen LogP contribution in [-0.2, 0) is 12.8 Å². The van der Waals surface area contributed by atoms with Gasteiger partial charge in [0.15, 0.2) is 0 Å². The second kappa shape index (κ2) is 7.53. The molecule has 3 nitrogen and oxygen atoms in total. The molecule has 0 N–H and O–H groups in total. The summed E-state index contributed by atoms with van der Waals surface area (Å²) in [6.45, 7) is 0. The summed E-state index contributed by atoms with van der Waals surface area (Å²) in [4.78, 5) is 8.92. The van der Waals surface area contributed by atoms with E-state index in [2.05, 4.69) is 11.1 Å². The van der Waals surface area contributed by atoms with Crippen LogP contribution in [0, 0.1) is 17.1 Å². The van der Waals surface area contributed by atoms with Crippen LogP contribution in [0.5, 0.6) is 0 Å². The second-order valence-electron chi connectivity index (χ2n) is 7.54. The van der Waals surface area contributed by atoms with Crippen LogP contribution >= 0.6 is 0 Å². The molecule has 0 atom stereocenters. The Labute approximate surface area is 154 Å². The molecular weight excluding hydrogens is 325 g/mol. The van der Waals surface area contributed by atoms with Crippen LogP contribution < -0.4 is 0 Å². The van der Waals surface area contributed by atoms with E-state index in [1.807, 2.05) is 0 Å². The van der Waals surface area contributed by atoms with Crippen molar-refractivity contribution in [3.63, 3.8) is 0 Å². The van der Waals surface area contributed by atoms with Gasteiger partial charge in [0.2, 0.25) is 0 Å². The zero-order valence-electron chi connectivity index (χ0n) is 15.1. The fraction of sp³-hybridized carbons (Fsp3) is 0.500. The third-order valence-electron chi connectivity index (χ3n) is 5.90. The lowest BCUT2D eigenvalue weighted by Gasteiger charge is -2.25. The van der Waals surface area contributed by atoms with E-state index in [1.165, 1.54) is 25.5 Å². The van der Waals surface area contributed by atoms with E-state index in [9.17, 15) is 9.65 Å². The summed E-state index contributed by atoms with van der Waals surface area (Å²) >= 11 is 0. The van der Waals surface area contributed by atoms with Crippen LogP contribution in [0.3, 0.4) is 0 Å². The van der Waals surface area contributed by atoms with Gasteiger partial charge in [-0.2, -0.15) is 5.26 Å². The van der Waals surface area contributed by atoms with Crippen molar-refractivity contribution in [2.24, 2.45) is 0 Å². The zero-order chi connectivity index (χ0) is 17.9. The summed E-state index contributed by atoms with van der Waals surface area (Å²) in [5, 5.41) is 10.0. The normalized spacial score (nSPS) is 18.0. The lowest BCUT2D eigenvalue weighted by molar-refractivity contribution is 0.435. The summed E-state index contributed by atoms with van der Waals surface area (Å²) in [6.07, 6.45) is 13.8. The lowest BCUT2D eigenvalue weighted by atomic mass is 9.81. The molecule has 0 amide bonds. The molecule has 1 saturated carbocycles. The van der Waals surface area contributed by atoms with Gasteiger partial charge in [0.1, 0.15) is 11.9 Å². The topological polar surface area (TPSA) is 49.6 Å². The van der Waals surface area contributed by atoms with E-state index in [-0.39, 0.29) is 5.82 Å². The maximum Gasteiger partial charge on any atom is 0.149 e. The highest BCUT2D eigenvalue weighted by Crippen LogP contribution is 2.40. The average molecular weight is 349 g/mol. The fourth-order valence-electron chi connectivity index (χ4n) is 4.60. The Bertz CT molecular complexity index is 847. The van der Waals surface area contributed by atoms with Gasteiger partial charge in [0, 0.05) is 28.9 Å². The van der Waals surface area contributed by atoms with Crippen molar-refractivity contribution in [3.8, 4) is 17.2 Å². The first-order valence-corrected chi connectivity index (χ1v) is 9.85. The predicted octanol–water partition coefficient (Wildman–Crippen LogP) is 5.47. The number of hydrogen-bond donors (Lipinski definition) is 0. The maximum atomic E-state index is 14.6. The molecule has 4 rings (SSSR count). The molecule has 1 fully saturated rings. The minimum Gasteiger partial charge on any atom is -0.262 e. The molecule has 2 aliphatic carbocycles. The third kappa shape index (κ3) is 3.11. The minimum atomic E-state index is -0.351. The van der Waals surface area contributed by atoms with Crippen molar-refractivity contribution < 1.29 is 4.39 Å². The van der Waals surface area contributed by atoms with Crippen molar-refractivity contribution in [1.82, 2.24) is 9.97 Å². The fourth-order valence-corrected chi connectivity index (χ4v) is 4.60. The van der Waals surface area contributed by atoms with Gasteiger partial charge >= 0.3 is 0 Å². The maximum absolute atomic E-state index is 14.6. The van der Waals surface area contributed by atoms with E-state index in [1.54, 1.807) is 12.3 Å². The molecule has 134 valence electrons. The molecule has 2 heterocycles. The zero-order valence-corrected chi connectivity index (χ0v) is 15.1. The number of aryl methyl sites for hydroxylation is 1. The van der Waals surface area contributed by atoms with Gasteiger partial charge in [0.05, 0.1) is 17.5 Å². The molecule has 4 heteroatoms. The first kappa shape index (κ1) is 17.1. The van der Waals surface area contributed by atoms with E-state index < -0.39 is 0 Å². The molecule has 2 aliphatic rings. The average Bonchev–Trinajstić information content (AvgIpc) is 2.93. The van der Waals surface area contributed by atoms with Crippen LogP contribution in [0.25, 0.3) is 11.1 Å². The van der Waals surface area contributed by atoms with Gasteiger partial charge in [-0.15, -0.1) is 0 Å². The summed E-state index contributed by atoms with van der Waals surface area (Å²) in [6, 6.07) is 4.12. The third-order valence-corrected chi connectivity index (χ3v) is 5.90. The van der Waals surface area contributed by atoms with Crippen molar-refractivity contribution in [2.45, 2.75) is 70.1 Å². The molecular formula is C22H24FN3. The van der Waals surface area contributed by atoms with Gasteiger partial charge < -0.3 is 0 Å². The first-order chi connectivity index (χ1) is 12.8. The molecule has 0 spiro atoms. The number of nitrogens with zero attached hydrogens (tertiary/aromatic N) is 3. The summed E-state index contributed by atoms with van der Waals surface area (Å²) in [5.41, 5.74) is 4.99. The molecule has 0 bridgehead atoms. The Hall–Kier alpha value is -2.28. The summed E-state index contributed by atoms with van der Waals surface area (Å²) in [7, 11) is 0. The van der Waals surface area contributed by atoms with Crippen LogP contribution in [0.15, 0.2) is 18.5 Å². The van der Waals surface area contributed by atoms with Gasteiger partial charge in [0.25, 0.3) is 0 Å². The van der Waals surface area contributed by atoms with Gasteiger partial charge in [-0.05, 0) is 50.2 Å². The van der Waals surface area contributed by atoms with E-state index in [0.717, 1.165) is 67.5 Å². The highest BCUT2D eigenvalue weighted by Gasteiger charge is 2.28. The molecule has 26 heavy (non-hydrogen) atoms. The monoisotopic (exact) mass is 349 g/mol. The smallest absolute Gasteiger partial charge is 0.149 e. The van der Waals surface area contributed by atoms with Crippen molar-refractivity contribution >= 4 is 0 Å². The standard InChI is InChI=1S/C22H24FN3/c23-19-14-25-12-11-16(19)21-17-9-5-2-6-10-20(17)26-22(18(21)13-24)15-7-3-1-4-8-15/h11-12,14-15H,1-10H2. The number of fused-ring (bicyclic) bond motifs is 1. The Balaban J connectivity index is 1.97. The largest absolute Gasteiger partial charge is 0.262 e. The number of pyridine rings is 2. The number of rotatable bonds is 2. The molecule has 2 aromatic heterocycles. The number of aromatic nitrogens is 2. The Kier molecular flexibility index (Phi) is 4.97. The van der Waals surface area contributed by atoms with Crippen molar-refractivity contribution in [1.29, 1.82) is 5.26 Å². The lowest BCUT2D eigenvalue weighted by Crippen LogP contribution is -2.14. The highest BCUT2D eigenvalue weighted by atomic mass is 19.1. The SMILES string of the molecule is N#Cc1c(C2CCCCC2)nc2c(c1-c1ccncc1F)CCCCC2. The number of halogens is 1. The molecule has 2 aromatic rings. The Morgan fingerprint density at radius 2 is 1.81 bits per heavy atom. The highest BCUT2D eigenvalue weighted by molar-refractivity contribution is 5.76. The molecule has 0 aromatic carbocycles. The number of hydrogen-bond acceptors (Lipinski definition) is 3. The first-order valence-electron chi connectivity index (χ1n) is 9.85. The second-order valence-corrected chi connectivity index (χ2v) is 7.54. The quantitative estimate of drug-likeness (QED) is 0.675. The van der Waals surface area contributed by atoms with Crippen molar-refractivity contribution in [3.05, 3.63) is 46.8 Å². The van der Waals surface area contributed by atoms with Gasteiger partial charge in [-0.3, -0.25) is 9.97 Å². The van der Waals surface area contributed by atoms with Crippen molar-refractivity contribution in [2.75, 3.05) is 0 Å². The molecule has 0 unspecified atom stereocenters. The molecule has 0 aliphatic heterocycles. The van der Waals surface area contributed by atoms with E-state index in [0.29, 0.717) is 17.0 Å². The van der Waals surface area contributed by atoms with Crippen LogP contribution in [0.1, 0.15) is 79.8 Å². The van der Waals surface area contributed by atoms with Crippen LogP contribution in [0.2, 0.25) is 0 Å². The molecule has 0 radical (unpaired) electrons. The predicted molar refractivity (Wildman–Crippen MR) is 99.2 cm³/mol. The number of nitriles is 1. The van der Waals surface area contributed by atoms with Crippen LogP contribution in [0.4, 0.5) is 4.39 Å². The summed E-state index contributed by atoms with van der Waals surface area (Å²) < 4.78 is 14.6. The minimum absolute atomic E-state index is 0.329. The Morgan fingerprint density at radius 3 is 2.58 bits per heavy atom. The van der Waals surface area contributed by atoms with E-state index in [4.69, 9.17) is 4.98 Å². The van der Waals surface area contributed by atoms with Gasteiger partial charge in [-0.25, -0.2) is 4.39 Å². The van der Waals surface area contributed by atoms with E-state index >= 15 is 0 Å². The Morgan fingerprint density at radius 1 is 1.04 bits per heavy atom. The van der Waals surface area contributed by atoms with Gasteiger partial charge in [-0.1, -0.05) is 25.7 Å². The molecule has 0 saturated heterocycles.